The maximum atomic E-state index is 5.76. The molecule has 20 heavy (non-hydrogen) atoms. The third kappa shape index (κ3) is 3.30. The number of benzene rings is 1. The number of H-pyrrole nitrogens is 1. The smallest absolute Gasteiger partial charge is 0.128 e. The van der Waals surface area contributed by atoms with Crippen LogP contribution in [0.2, 0.25) is 0 Å². The number of ether oxygens (including phenoxy) is 2. The molecular weight excluding hydrogens is 254 g/mol. The summed E-state index contributed by atoms with van der Waals surface area (Å²) in [5.41, 5.74) is 7.62. The van der Waals surface area contributed by atoms with Crippen molar-refractivity contribution in [3.05, 3.63) is 30.2 Å². The van der Waals surface area contributed by atoms with E-state index in [4.69, 9.17) is 15.2 Å². The summed E-state index contributed by atoms with van der Waals surface area (Å²) in [4.78, 5) is 7.70. The number of hydrogen-bond donors (Lipinski definition) is 2. The van der Waals surface area contributed by atoms with Crippen LogP contribution in [0.15, 0.2) is 24.4 Å². The molecule has 1 heterocycles. The number of rotatable bonds is 6. The van der Waals surface area contributed by atoms with Crippen LogP contribution in [-0.2, 0) is 6.42 Å². The van der Waals surface area contributed by atoms with E-state index in [0.29, 0.717) is 0 Å². The minimum absolute atomic E-state index is 0.176. The quantitative estimate of drug-likeness (QED) is 0.849. The van der Waals surface area contributed by atoms with E-state index in [1.165, 1.54) is 0 Å². The maximum absolute atomic E-state index is 5.76. The van der Waals surface area contributed by atoms with Gasteiger partial charge in [-0.3, -0.25) is 0 Å². The lowest BCUT2D eigenvalue weighted by atomic mass is 10.1. The molecule has 0 fully saturated rings. The Bertz CT molecular complexity index is 564. The van der Waals surface area contributed by atoms with Crippen LogP contribution in [0, 0.1) is 0 Å². The zero-order chi connectivity index (χ0) is 14.5. The first-order valence-corrected chi connectivity index (χ1v) is 6.66. The number of aryl methyl sites for hydroxylation is 1. The van der Waals surface area contributed by atoms with Gasteiger partial charge in [-0.25, -0.2) is 4.98 Å². The molecule has 2 aromatic rings. The second-order valence-electron chi connectivity index (χ2n) is 4.83. The lowest BCUT2D eigenvalue weighted by Crippen LogP contribution is -2.15. The van der Waals surface area contributed by atoms with Gasteiger partial charge in [0.05, 0.1) is 26.1 Å². The zero-order valence-electron chi connectivity index (χ0n) is 12.1. The van der Waals surface area contributed by atoms with Crippen molar-refractivity contribution in [3.63, 3.8) is 0 Å². The molecule has 1 aromatic heterocycles. The molecule has 0 bridgehead atoms. The summed E-state index contributed by atoms with van der Waals surface area (Å²) in [6, 6.07) is 5.86. The van der Waals surface area contributed by atoms with Crippen LogP contribution in [0.3, 0.4) is 0 Å². The molecule has 0 saturated heterocycles. The van der Waals surface area contributed by atoms with E-state index in [9.17, 15) is 0 Å². The van der Waals surface area contributed by atoms with E-state index in [0.717, 1.165) is 41.4 Å². The Labute approximate surface area is 119 Å². The van der Waals surface area contributed by atoms with Gasteiger partial charge in [-0.05, 0) is 31.5 Å². The highest BCUT2D eigenvalue weighted by Crippen LogP contribution is 2.32. The first kappa shape index (κ1) is 14.4. The highest BCUT2D eigenvalue weighted by atomic mass is 16.5. The molecule has 3 N–H and O–H groups in total. The van der Waals surface area contributed by atoms with Crippen molar-refractivity contribution in [1.82, 2.24) is 9.97 Å². The minimum atomic E-state index is 0.176. The van der Waals surface area contributed by atoms with Gasteiger partial charge in [0.25, 0.3) is 0 Å². The Kier molecular flexibility index (Phi) is 4.63. The number of nitrogens with two attached hydrogens (primary N) is 1. The minimum Gasteiger partial charge on any atom is -0.497 e. The fourth-order valence-corrected chi connectivity index (χ4v) is 2.02. The normalized spacial score (nSPS) is 12.2. The summed E-state index contributed by atoms with van der Waals surface area (Å²) in [7, 11) is 3.30. The van der Waals surface area contributed by atoms with Crippen molar-refractivity contribution in [1.29, 1.82) is 0 Å². The molecule has 0 aliphatic heterocycles. The molecular formula is C15H21N3O2. The molecule has 0 saturated carbocycles. The average Bonchev–Trinajstić information content (AvgIpc) is 2.93. The highest BCUT2D eigenvalue weighted by Gasteiger charge is 2.11. The molecule has 0 aliphatic rings. The van der Waals surface area contributed by atoms with E-state index >= 15 is 0 Å². The lowest BCUT2D eigenvalue weighted by molar-refractivity contribution is 0.404. The van der Waals surface area contributed by atoms with E-state index in [2.05, 4.69) is 9.97 Å². The summed E-state index contributed by atoms with van der Waals surface area (Å²) in [5, 5.41) is 0. The van der Waals surface area contributed by atoms with Crippen molar-refractivity contribution in [3.8, 4) is 22.8 Å². The SMILES string of the molecule is COc1ccc(OC)c(-c2cnc(CCC(C)N)[nH]2)c1. The van der Waals surface area contributed by atoms with E-state index in [1.807, 2.05) is 31.3 Å². The monoisotopic (exact) mass is 275 g/mol. The fraction of sp³-hybridized carbons (Fsp3) is 0.400. The number of hydrogen-bond acceptors (Lipinski definition) is 4. The van der Waals surface area contributed by atoms with Crippen LogP contribution < -0.4 is 15.2 Å². The average molecular weight is 275 g/mol. The van der Waals surface area contributed by atoms with Gasteiger partial charge in [-0.2, -0.15) is 0 Å². The Morgan fingerprint density at radius 2 is 2.10 bits per heavy atom. The Balaban J connectivity index is 2.26. The van der Waals surface area contributed by atoms with Gasteiger partial charge in [-0.1, -0.05) is 0 Å². The fourth-order valence-electron chi connectivity index (χ4n) is 2.02. The first-order chi connectivity index (χ1) is 9.63. The van der Waals surface area contributed by atoms with Crippen molar-refractivity contribution in [2.75, 3.05) is 14.2 Å². The number of nitrogens with one attached hydrogen (secondary N) is 1. The largest absolute Gasteiger partial charge is 0.497 e. The van der Waals surface area contributed by atoms with Gasteiger partial charge < -0.3 is 20.2 Å². The molecule has 0 spiro atoms. The Hall–Kier alpha value is -2.01. The summed E-state index contributed by atoms with van der Waals surface area (Å²) < 4.78 is 10.6. The molecule has 5 nitrogen and oxygen atoms in total. The van der Waals surface area contributed by atoms with Gasteiger partial charge in [0.1, 0.15) is 17.3 Å². The number of aromatic nitrogens is 2. The predicted molar refractivity (Wildman–Crippen MR) is 79.1 cm³/mol. The summed E-state index contributed by atoms with van der Waals surface area (Å²) in [6.07, 6.45) is 3.56. The number of methoxy groups -OCH3 is 2. The third-order valence-electron chi connectivity index (χ3n) is 3.16. The van der Waals surface area contributed by atoms with Crippen LogP contribution in [0.5, 0.6) is 11.5 Å². The van der Waals surface area contributed by atoms with E-state index < -0.39 is 0 Å². The Morgan fingerprint density at radius 3 is 2.75 bits per heavy atom. The molecule has 2 rings (SSSR count). The van der Waals surface area contributed by atoms with Crippen LogP contribution in [0.4, 0.5) is 0 Å². The van der Waals surface area contributed by atoms with Crippen LogP contribution in [-0.4, -0.2) is 30.2 Å². The summed E-state index contributed by atoms with van der Waals surface area (Å²) in [5.74, 6) is 2.50. The van der Waals surface area contributed by atoms with Crippen LogP contribution >= 0.6 is 0 Å². The molecule has 108 valence electrons. The number of imidazole rings is 1. The molecule has 0 aliphatic carbocycles. The number of aromatic amines is 1. The molecule has 1 atom stereocenters. The maximum Gasteiger partial charge on any atom is 0.128 e. The predicted octanol–water partition coefficient (Wildman–Crippen LogP) is 2.37. The van der Waals surface area contributed by atoms with Crippen LogP contribution in [0.25, 0.3) is 11.3 Å². The second-order valence-corrected chi connectivity index (χ2v) is 4.83. The van der Waals surface area contributed by atoms with Crippen molar-refractivity contribution < 1.29 is 9.47 Å². The lowest BCUT2D eigenvalue weighted by Gasteiger charge is -2.08. The highest BCUT2D eigenvalue weighted by molar-refractivity contribution is 5.68. The summed E-state index contributed by atoms with van der Waals surface area (Å²) in [6.45, 7) is 1.99. The second kappa shape index (κ2) is 6.43. The summed E-state index contributed by atoms with van der Waals surface area (Å²) >= 11 is 0. The molecule has 1 aromatic carbocycles. The molecule has 5 heteroatoms. The van der Waals surface area contributed by atoms with E-state index in [1.54, 1.807) is 14.2 Å². The first-order valence-electron chi connectivity index (χ1n) is 6.66. The third-order valence-corrected chi connectivity index (χ3v) is 3.16. The van der Waals surface area contributed by atoms with Gasteiger partial charge in [-0.15, -0.1) is 0 Å². The molecule has 0 amide bonds. The topological polar surface area (TPSA) is 73.2 Å². The van der Waals surface area contributed by atoms with Crippen molar-refractivity contribution in [2.45, 2.75) is 25.8 Å². The van der Waals surface area contributed by atoms with Crippen LogP contribution in [0.1, 0.15) is 19.2 Å². The van der Waals surface area contributed by atoms with Crippen molar-refractivity contribution in [2.24, 2.45) is 5.73 Å². The van der Waals surface area contributed by atoms with Gasteiger partial charge in [0.15, 0.2) is 0 Å². The van der Waals surface area contributed by atoms with Crippen molar-refractivity contribution >= 4 is 0 Å². The Morgan fingerprint density at radius 1 is 1.30 bits per heavy atom. The van der Waals surface area contributed by atoms with Gasteiger partial charge in [0.2, 0.25) is 0 Å². The van der Waals surface area contributed by atoms with Gasteiger partial charge >= 0.3 is 0 Å². The standard InChI is InChI=1S/C15H21N3O2/c1-10(16)4-7-15-17-9-13(18-15)12-8-11(19-2)5-6-14(12)20-3/h5-6,8-10H,4,7,16H2,1-3H3,(H,17,18). The van der Waals surface area contributed by atoms with E-state index in [-0.39, 0.29) is 6.04 Å². The zero-order valence-corrected chi connectivity index (χ0v) is 12.1. The molecule has 1 unspecified atom stereocenters. The van der Waals surface area contributed by atoms with Gasteiger partial charge in [0, 0.05) is 18.0 Å². The molecule has 0 radical (unpaired) electrons. The number of nitrogens with zero attached hydrogens (tertiary/aromatic N) is 1.